The van der Waals surface area contributed by atoms with Gasteiger partial charge in [-0.3, -0.25) is 9.59 Å². The molecular formula is C11H15ClN4O2. The third kappa shape index (κ3) is 3.59. The maximum absolute atomic E-state index is 11.8. The van der Waals surface area contributed by atoms with Crippen molar-refractivity contribution in [1.82, 2.24) is 15.2 Å². The normalized spacial score (nSPS) is 9.94. The molecule has 0 aliphatic heterocycles. The fourth-order valence-electron chi connectivity index (χ4n) is 1.20. The molecule has 0 atom stereocenters. The average Bonchev–Trinajstić information content (AvgIpc) is 2.37. The second kappa shape index (κ2) is 6.20. The van der Waals surface area contributed by atoms with Crippen molar-refractivity contribution < 1.29 is 9.59 Å². The summed E-state index contributed by atoms with van der Waals surface area (Å²) in [6.07, 6.45) is 1.30. The summed E-state index contributed by atoms with van der Waals surface area (Å²) in [4.78, 5) is 28.5. The number of anilines is 1. The van der Waals surface area contributed by atoms with Gasteiger partial charge in [-0.05, 0) is 13.0 Å². The molecule has 0 radical (unpaired) electrons. The fourth-order valence-corrected chi connectivity index (χ4v) is 1.36. The van der Waals surface area contributed by atoms with E-state index in [1.165, 1.54) is 17.2 Å². The quantitative estimate of drug-likeness (QED) is 0.781. The molecule has 1 aromatic heterocycles. The van der Waals surface area contributed by atoms with Crippen LogP contribution in [0.5, 0.6) is 0 Å². The summed E-state index contributed by atoms with van der Waals surface area (Å²) in [6.45, 7) is 2.35. The maximum atomic E-state index is 11.8. The molecule has 2 amide bonds. The lowest BCUT2D eigenvalue weighted by Gasteiger charge is -2.15. The van der Waals surface area contributed by atoms with Crippen LogP contribution in [0.4, 0.5) is 5.69 Å². The van der Waals surface area contributed by atoms with Crippen LogP contribution in [0, 0.1) is 0 Å². The van der Waals surface area contributed by atoms with E-state index in [4.69, 9.17) is 17.3 Å². The molecule has 18 heavy (non-hydrogen) atoms. The first-order valence-corrected chi connectivity index (χ1v) is 5.76. The predicted molar refractivity (Wildman–Crippen MR) is 69.3 cm³/mol. The lowest BCUT2D eigenvalue weighted by atomic mass is 10.2. The van der Waals surface area contributed by atoms with Crippen molar-refractivity contribution in [1.29, 1.82) is 0 Å². The van der Waals surface area contributed by atoms with Gasteiger partial charge in [0.15, 0.2) is 0 Å². The van der Waals surface area contributed by atoms with Gasteiger partial charge in [-0.25, -0.2) is 4.98 Å². The Bertz CT molecular complexity index is 464. The number of carbonyl (C=O) groups is 2. The standard InChI is InChI=1S/C11H15ClN4O2/c1-3-16(2)10(17)6-15-11(18)7-4-9(12)14-5-8(7)13/h4-5H,3,6,13H2,1-2H3,(H,15,18). The van der Waals surface area contributed by atoms with E-state index in [0.717, 1.165) is 0 Å². The molecule has 0 aliphatic carbocycles. The molecule has 0 fully saturated rings. The minimum atomic E-state index is -0.449. The van der Waals surface area contributed by atoms with Gasteiger partial charge < -0.3 is 16.0 Å². The van der Waals surface area contributed by atoms with Gasteiger partial charge in [-0.15, -0.1) is 0 Å². The lowest BCUT2D eigenvalue weighted by Crippen LogP contribution is -2.38. The van der Waals surface area contributed by atoms with E-state index in [1.54, 1.807) is 7.05 Å². The minimum absolute atomic E-state index is 0.0808. The highest BCUT2D eigenvalue weighted by atomic mass is 35.5. The molecule has 6 nitrogen and oxygen atoms in total. The first kappa shape index (κ1) is 14.2. The number of pyridine rings is 1. The summed E-state index contributed by atoms with van der Waals surface area (Å²) >= 11 is 5.67. The Morgan fingerprint density at radius 1 is 1.56 bits per heavy atom. The number of aromatic nitrogens is 1. The Labute approximate surface area is 110 Å². The Morgan fingerprint density at radius 3 is 2.83 bits per heavy atom. The number of halogens is 1. The minimum Gasteiger partial charge on any atom is -0.397 e. The Hall–Kier alpha value is -1.82. The Balaban J connectivity index is 2.66. The molecular weight excluding hydrogens is 256 g/mol. The first-order valence-electron chi connectivity index (χ1n) is 5.38. The number of nitrogens with two attached hydrogens (primary N) is 1. The number of carbonyl (C=O) groups excluding carboxylic acids is 2. The molecule has 98 valence electrons. The average molecular weight is 271 g/mol. The van der Waals surface area contributed by atoms with Crippen molar-refractivity contribution in [3.05, 3.63) is 23.0 Å². The van der Waals surface area contributed by atoms with E-state index >= 15 is 0 Å². The molecule has 0 saturated carbocycles. The van der Waals surface area contributed by atoms with Crippen molar-refractivity contribution in [2.45, 2.75) is 6.92 Å². The van der Waals surface area contributed by atoms with Crippen LogP contribution in [-0.2, 0) is 4.79 Å². The van der Waals surface area contributed by atoms with Crippen LogP contribution in [0.15, 0.2) is 12.3 Å². The van der Waals surface area contributed by atoms with Gasteiger partial charge in [0.25, 0.3) is 5.91 Å². The van der Waals surface area contributed by atoms with Gasteiger partial charge in [-0.2, -0.15) is 0 Å². The number of hydrogen-bond donors (Lipinski definition) is 2. The number of hydrogen-bond acceptors (Lipinski definition) is 4. The molecule has 1 rings (SSSR count). The van der Waals surface area contributed by atoms with E-state index in [-0.39, 0.29) is 28.9 Å². The lowest BCUT2D eigenvalue weighted by molar-refractivity contribution is -0.128. The number of likely N-dealkylation sites (N-methyl/N-ethyl adjacent to an activating group) is 1. The van der Waals surface area contributed by atoms with Crippen molar-refractivity contribution in [2.24, 2.45) is 0 Å². The maximum Gasteiger partial charge on any atom is 0.253 e. The largest absolute Gasteiger partial charge is 0.397 e. The smallest absolute Gasteiger partial charge is 0.253 e. The molecule has 0 saturated heterocycles. The highest BCUT2D eigenvalue weighted by Gasteiger charge is 2.13. The zero-order valence-electron chi connectivity index (χ0n) is 10.2. The number of rotatable bonds is 4. The molecule has 1 aromatic rings. The van der Waals surface area contributed by atoms with Crippen LogP contribution in [0.25, 0.3) is 0 Å². The summed E-state index contributed by atoms with van der Waals surface area (Å²) in [5.41, 5.74) is 6.03. The van der Waals surface area contributed by atoms with Gasteiger partial charge in [0.2, 0.25) is 5.91 Å². The summed E-state index contributed by atoms with van der Waals surface area (Å²) in [7, 11) is 1.66. The third-order valence-electron chi connectivity index (χ3n) is 2.45. The van der Waals surface area contributed by atoms with Crippen LogP contribution in [-0.4, -0.2) is 41.8 Å². The molecule has 0 aromatic carbocycles. The molecule has 1 heterocycles. The van der Waals surface area contributed by atoms with Crippen LogP contribution in [0.3, 0.4) is 0 Å². The summed E-state index contributed by atoms with van der Waals surface area (Å²) < 4.78 is 0. The van der Waals surface area contributed by atoms with Crippen molar-refractivity contribution in [3.8, 4) is 0 Å². The highest BCUT2D eigenvalue weighted by Crippen LogP contribution is 2.14. The zero-order chi connectivity index (χ0) is 13.7. The van der Waals surface area contributed by atoms with E-state index < -0.39 is 5.91 Å². The first-order chi connectivity index (χ1) is 8.45. The van der Waals surface area contributed by atoms with E-state index in [0.29, 0.717) is 6.54 Å². The predicted octanol–water partition coefficient (Wildman–Crippen LogP) is 0.525. The number of nitrogens with one attached hydrogen (secondary N) is 1. The molecule has 3 N–H and O–H groups in total. The zero-order valence-corrected chi connectivity index (χ0v) is 11.0. The van der Waals surface area contributed by atoms with Gasteiger partial charge in [0, 0.05) is 13.6 Å². The molecule has 0 bridgehead atoms. The summed E-state index contributed by atoms with van der Waals surface area (Å²) in [5, 5.41) is 2.66. The van der Waals surface area contributed by atoms with Crippen molar-refractivity contribution in [3.63, 3.8) is 0 Å². The molecule has 0 aliphatic rings. The van der Waals surface area contributed by atoms with Gasteiger partial charge in [0.05, 0.1) is 24.0 Å². The monoisotopic (exact) mass is 270 g/mol. The van der Waals surface area contributed by atoms with Crippen molar-refractivity contribution >= 4 is 29.1 Å². The van der Waals surface area contributed by atoms with E-state index in [9.17, 15) is 9.59 Å². The van der Waals surface area contributed by atoms with Gasteiger partial charge in [-0.1, -0.05) is 11.6 Å². The molecule has 0 spiro atoms. The van der Waals surface area contributed by atoms with Crippen LogP contribution < -0.4 is 11.1 Å². The third-order valence-corrected chi connectivity index (χ3v) is 2.65. The summed E-state index contributed by atoms with van der Waals surface area (Å²) in [5.74, 6) is -0.626. The summed E-state index contributed by atoms with van der Waals surface area (Å²) in [6, 6.07) is 1.36. The Kier molecular flexibility index (Phi) is 4.91. The topological polar surface area (TPSA) is 88.3 Å². The van der Waals surface area contributed by atoms with Crippen LogP contribution in [0.2, 0.25) is 5.15 Å². The molecule has 0 unspecified atom stereocenters. The SMILES string of the molecule is CCN(C)C(=O)CNC(=O)c1cc(Cl)ncc1N. The van der Waals surface area contributed by atoms with Crippen LogP contribution in [0.1, 0.15) is 17.3 Å². The Morgan fingerprint density at radius 2 is 2.22 bits per heavy atom. The van der Waals surface area contributed by atoms with Gasteiger partial charge >= 0.3 is 0 Å². The second-order valence-electron chi connectivity index (χ2n) is 3.68. The van der Waals surface area contributed by atoms with Crippen molar-refractivity contribution in [2.75, 3.05) is 25.9 Å². The number of nitrogen functional groups attached to an aromatic ring is 1. The highest BCUT2D eigenvalue weighted by molar-refractivity contribution is 6.29. The van der Waals surface area contributed by atoms with E-state index in [2.05, 4.69) is 10.3 Å². The van der Waals surface area contributed by atoms with E-state index in [1.807, 2.05) is 6.92 Å². The second-order valence-corrected chi connectivity index (χ2v) is 4.07. The fraction of sp³-hybridized carbons (Fsp3) is 0.364. The number of nitrogens with zero attached hydrogens (tertiary/aromatic N) is 2. The number of amides is 2. The molecule has 7 heteroatoms. The van der Waals surface area contributed by atoms with Crippen LogP contribution >= 0.6 is 11.6 Å². The van der Waals surface area contributed by atoms with Gasteiger partial charge in [0.1, 0.15) is 5.15 Å².